The van der Waals surface area contributed by atoms with E-state index < -0.39 is 44.7 Å². The number of hydrogen-bond donors (Lipinski definition) is 9. The van der Waals surface area contributed by atoms with Gasteiger partial charge in [0.1, 0.15) is 0 Å². The smallest absolute Gasteiger partial charge is 0.465 e. The molecule has 1 rings (SSSR count). The van der Waals surface area contributed by atoms with Crippen LogP contribution in [0, 0.1) is 17.8 Å². The van der Waals surface area contributed by atoms with Crippen molar-refractivity contribution in [3.05, 3.63) is 0 Å². The van der Waals surface area contributed by atoms with Crippen LogP contribution in [0.2, 0.25) is 18.1 Å². The molecule has 27 heteroatoms. The molecule has 3 unspecified atom stereocenters. The Bertz CT molecular complexity index is 1260. The first-order valence-corrected chi connectivity index (χ1v) is 29.1. The fraction of sp³-hybridized carbons (Fsp3) is 0.846. The number of carboxylic acid groups (broad SMARTS) is 3. The number of nitrogens with zero attached hydrogens (tertiary/aromatic N) is 3. The van der Waals surface area contributed by atoms with Gasteiger partial charge in [0.25, 0.3) is 0 Å². The summed E-state index contributed by atoms with van der Waals surface area (Å²) in [6.07, 6.45) is -2.07. The highest BCUT2D eigenvalue weighted by Crippen LogP contribution is 2.27. The van der Waals surface area contributed by atoms with Gasteiger partial charge in [-0.1, -0.05) is 0 Å². The largest absolute Gasteiger partial charge is 0.501 e. The van der Waals surface area contributed by atoms with Crippen LogP contribution in [-0.4, -0.2) is 174 Å². The maximum absolute atomic E-state index is 11.6. The molecule has 0 saturated heterocycles. The Hall–Kier alpha value is -3.49. The van der Waals surface area contributed by atoms with Gasteiger partial charge < -0.3 is 87.1 Å². The van der Waals surface area contributed by atoms with Gasteiger partial charge in [0.05, 0.1) is 0 Å². The molecule has 1 aromatic heterocycles. The highest BCUT2D eigenvalue weighted by molar-refractivity contribution is 6.61. The molecule has 9 N–H and O–H groups in total. The molecule has 3 atom stereocenters. The highest BCUT2D eigenvalue weighted by Gasteiger charge is 2.45. The summed E-state index contributed by atoms with van der Waals surface area (Å²) in [5.41, 5.74) is 0. The lowest BCUT2D eigenvalue weighted by Crippen LogP contribution is -2.49. The van der Waals surface area contributed by atoms with E-state index in [0.717, 1.165) is 0 Å². The first kappa shape index (κ1) is 60.5. The Kier molecular flexibility index (Phi) is 31.9. The number of carbonyl (C=O) groups is 3. The van der Waals surface area contributed by atoms with Gasteiger partial charge in [0.15, 0.2) is 0 Å². The summed E-state index contributed by atoms with van der Waals surface area (Å²) < 4.78 is 54.7. The SMILES string of the molecule is CCO[Si](CC(CCNc1nc(NCCC(CNC(=O)O)C[Si](OCC)(OCC)OCC)nc(NCCC(CNC(=O)O)C[Si](OCC)(OCC)OCC)n1)CNC(=O)O)(OCC)OCC. The second-order valence-electron chi connectivity index (χ2n) is 14.7. The van der Waals surface area contributed by atoms with Crippen molar-refractivity contribution in [3.63, 3.8) is 0 Å². The number of amides is 3. The van der Waals surface area contributed by atoms with Crippen molar-refractivity contribution in [2.75, 3.05) is 115 Å². The van der Waals surface area contributed by atoms with E-state index in [1.807, 2.05) is 62.3 Å². The van der Waals surface area contributed by atoms with E-state index in [2.05, 4.69) is 46.9 Å². The standard InChI is InChI=1S/C39H81N9O15Si3/c1-10-55-64(56-11-2,57-12-3)28-31(25-43-37(49)50)19-22-40-34-46-35(41-23-20-32(26-44-38(51)52)29-65(58-13-4,59-14-5)60-15-6)48-36(47-34)42-24-21-33(27-45-39(53)54)30-66(61-16-7,62-17-8)63-18-9/h31-33,43-45H,10-30H2,1-9H3,(H,49,50)(H,51,52)(H,53,54)(H3,40,41,42,46,47,48). The Morgan fingerprint density at radius 1 is 0.409 bits per heavy atom. The molecule has 0 radical (unpaired) electrons. The lowest BCUT2D eigenvalue weighted by atomic mass is 10.1. The van der Waals surface area contributed by atoms with Crippen LogP contribution in [0.4, 0.5) is 32.2 Å². The van der Waals surface area contributed by atoms with E-state index in [0.29, 0.717) is 116 Å². The van der Waals surface area contributed by atoms with Gasteiger partial charge in [-0.25, -0.2) is 14.4 Å². The average molecular weight is 1000 g/mol. The molecule has 0 fully saturated rings. The van der Waals surface area contributed by atoms with Gasteiger partial charge in [0, 0.05) is 117 Å². The molecule has 1 heterocycles. The van der Waals surface area contributed by atoms with Gasteiger partial charge in [0.2, 0.25) is 17.8 Å². The summed E-state index contributed by atoms with van der Waals surface area (Å²) in [4.78, 5) is 48.7. The fourth-order valence-corrected chi connectivity index (χ4v) is 16.2. The fourth-order valence-electron chi connectivity index (χ4n) is 7.25. The molecule has 0 aliphatic heterocycles. The van der Waals surface area contributed by atoms with Crippen LogP contribution < -0.4 is 31.9 Å². The molecule has 3 amide bonds. The van der Waals surface area contributed by atoms with Crippen molar-refractivity contribution < 1.29 is 69.5 Å². The third kappa shape index (κ3) is 25.0. The van der Waals surface area contributed by atoms with Gasteiger partial charge in [-0.05, 0) is 99.3 Å². The minimum absolute atomic E-state index is 0.131. The summed E-state index contributed by atoms with van der Waals surface area (Å²) in [5, 5.41) is 45.7. The summed E-state index contributed by atoms with van der Waals surface area (Å²) >= 11 is 0. The second kappa shape index (κ2) is 34.7. The number of nitrogens with one attached hydrogen (secondary N) is 6. The molecule has 66 heavy (non-hydrogen) atoms. The lowest BCUT2D eigenvalue weighted by Gasteiger charge is -2.32. The van der Waals surface area contributed by atoms with Crippen molar-refractivity contribution in [3.8, 4) is 0 Å². The molecule has 1 aromatic rings. The van der Waals surface area contributed by atoms with Gasteiger partial charge in [-0.3, -0.25) is 0 Å². The molecule has 0 aliphatic rings. The average Bonchev–Trinajstić information content (AvgIpc) is 3.24. The zero-order valence-corrected chi connectivity index (χ0v) is 43.7. The number of aromatic nitrogens is 3. The maximum Gasteiger partial charge on any atom is 0.501 e. The molecular weight excluding hydrogens is 919 g/mol. The Morgan fingerprint density at radius 2 is 0.606 bits per heavy atom. The van der Waals surface area contributed by atoms with Crippen LogP contribution in [0.5, 0.6) is 0 Å². The van der Waals surface area contributed by atoms with Crippen molar-refractivity contribution in [2.45, 2.75) is 99.7 Å². The summed E-state index contributed by atoms with van der Waals surface area (Å²) in [6.45, 7) is 21.5. The van der Waals surface area contributed by atoms with E-state index in [4.69, 9.17) is 39.8 Å². The Balaban J connectivity index is 3.53. The molecule has 0 aromatic carbocycles. The first-order chi connectivity index (χ1) is 31.6. The predicted octanol–water partition coefficient (Wildman–Crippen LogP) is 5.07. The molecular formula is C39H81N9O15Si3. The van der Waals surface area contributed by atoms with E-state index in [1.54, 1.807) is 0 Å². The molecule has 0 bridgehead atoms. The van der Waals surface area contributed by atoms with E-state index >= 15 is 0 Å². The van der Waals surface area contributed by atoms with Crippen LogP contribution in [0.15, 0.2) is 0 Å². The zero-order chi connectivity index (χ0) is 49.3. The van der Waals surface area contributed by atoms with Crippen LogP contribution >= 0.6 is 0 Å². The number of hydrogen-bond acceptors (Lipinski definition) is 18. The van der Waals surface area contributed by atoms with Crippen molar-refractivity contribution in [1.29, 1.82) is 0 Å². The van der Waals surface area contributed by atoms with Crippen LogP contribution in [0.25, 0.3) is 0 Å². The molecule has 0 aliphatic carbocycles. The zero-order valence-electron chi connectivity index (χ0n) is 40.7. The van der Waals surface area contributed by atoms with Crippen LogP contribution in [0.1, 0.15) is 81.6 Å². The van der Waals surface area contributed by atoms with E-state index in [9.17, 15) is 29.7 Å². The molecule has 0 spiro atoms. The summed E-state index contributed by atoms with van der Waals surface area (Å²) in [6, 6.07) is 1.12. The Labute approximate surface area is 394 Å². The van der Waals surface area contributed by atoms with E-state index in [1.165, 1.54) is 0 Å². The van der Waals surface area contributed by atoms with Crippen molar-refractivity contribution in [1.82, 2.24) is 30.9 Å². The molecule has 24 nitrogen and oxygen atoms in total. The third-order valence-electron chi connectivity index (χ3n) is 9.66. The summed E-state index contributed by atoms with van der Waals surface area (Å²) in [5.74, 6) is -0.0470. The van der Waals surface area contributed by atoms with Crippen LogP contribution in [0.3, 0.4) is 0 Å². The van der Waals surface area contributed by atoms with Gasteiger partial charge in [-0.15, -0.1) is 0 Å². The lowest BCUT2D eigenvalue weighted by molar-refractivity contribution is 0.0658. The predicted molar refractivity (Wildman–Crippen MR) is 254 cm³/mol. The number of anilines is 3. The first-order valence-electron chi connectivity index (χ1n) is 23.3. The Morgan fingerprint density at radius 3 is 0.773 bits per heavy atom. The van der Waals surface area contributed by atoms with E-state index in [-0.39, 0.29) is 55.2 Å². The monoisotopic (exact) mass is 1000 g/mol. The topological polar surface area (TPSA) is 306 Å². The molecule has 0 saturated carbocycles. The second-order valence-corrected chi connectivity index (χ2v) is 22.6. The highest BCUT2D eigenvalue weighted by atomic mass is 28.4. The minimum Gasteiger partial charge on any atom is -0.465 e. The van der Waals surface area contributed by atoms with Crippen LogP contribution in [-0.2, 0) is 39.8 Å². The van der Waals surface area contributed by atoms with Crippen molar-refractivity contribution in [2.24, 2.45) is 17.8 Å². The quantitative estimate of drug-likeness (QED) is 0.0386. The summed E-state index contributed by atoms with van der Waals surface area (Å²) in [7, 11) is -9.45. The maximum atomic E-state index is 11.6. The minimum atomic E-state index is -3.15. The van der Waals surface area contributed by atoms with Gasteiger partial charge in [-0.2, -0.15) is 15.0 Å². The van der Waals surface area contributed by atoms with Crippen molar-refractivity contribution >= 4 is 62.5 Å². The molecule has 384 valence electrons. The van der Waals surface area contributed by atoms with Gasteiger partial charge >= 0.3 is 44.7 Å². The number of rotatable bonds is 42. The normalized spacial score (nSPS) is 13.4. The third-order valence-corrected chi connectivity index (χ3v) is 19.5.